The minimum Gasteiger partial charge on any atom is -0.327 e. The van der Waals surface area contributed by atoms with Gasteiger partial charge in [0.25, 0.3) is 0 Å². The van der Waals surface area contributed by atoms with Crippen LogP contribution in [0.5, 0.6) is 0 Å². The first-order chi connectivity index (χ1) is 6.39. The van der Waals surface area contributed by atoms with Crippen molar-refractivity contribution in [1.29, 1.82) is 0 Å². The fourth-order valence-corrected chi connectivity index (χ4v) is 2.03. The molecule has 0 unspecified atom stereocenters. The maximum Gasteiger partial charge on any atom is 0.399 e. The third-order valence-electron chi connectivity index (χ3n) is 1.18. The van der Waals surface area contributed by atoms with E-state index in [2.05, 4.69) is 4.18 Å². The molecule has 0 aliphatic heterocycles. The molecule has 0 saturated carbocycles. The van der Waals surface area contributed by atoms with Crippen molar-refractivity contribution in [1.82, 2.24) is 0 Å². The van der Waals surface area contributed by atoms with Gasteiger partial charge in [-0.05, 0) is 26.0 Å². The summed E-state index contributed by atoms with van der Waals surface area (Å²) in [5.41, 5.74) is 0. The first-order valence-corrected chi connectivity index (χ1v) is 5.81. The molecule has 2 N–H and O–H groups in total. The highest BCUT2D eigenvalue weighted by atomic mass is 32.3. The first kappa shape index (κ1) is 13.7. The summed E-state index contributed by atoms with van der Waals surface area (Å²) in [5.74, 6) is 0. The van der Waals surface area contributed by atoms with Gasteiger partial charge < -0.3 is 4.55 Å². The number of allylic oxidation sites excluding steroid dienone is 2. The van der Waals surface area contributed by atoms with E-state index in [0.29, 0.717) is 0 Å². The Kier molecular flexibility index (Phi) is 5.38. The molecule has 0 spiro atoms. The van der Waals surface area contributed by atoms with Gasteiger partial charge in [0.05, 0.1) is 0 Å². The van der Waals surface area contributed by atoms with Crippen LogP contribution in [0.15, 0.2) is 24.3 Å². The molecule has 0 rings (SSSR count). The summed E-state index contributed by atoms with van der Waals surface area (Å²) in [6.45, 7) is 3.25. The van der Waals surface area contributed by atoms with Crippen molar-refractivity contribution in [3.05, 3.63) is 24.3 Å². The molecular weight excluding hydrogens is 228 g/mol. The van der Waals surface area contributed by atoms with Crippen LogP contribution in [0.1, 0.15) is 13.8 Å². The van der Waals surface area contributed by atoms with Crippen molar-refractivity contribution in [2.75, 3.05) is 0 Å². The second kappa shape index (κ2) is 5.52. The molecule has 82 valence electrons. The molecule has 7 heteroatoms. The third kappa shape index (κ3) is 4.77. The highest BCUT2D eigenvalue weighted by Gasteiger charge is 2.31. The molecule has 0 atom stereocenters. The molecule has 0 aromatic heterocycles. The minimum atomic E-state index is -4.62. The molecule has 0 aliphatic rings. The fourth-order valence-electron chi connectivity index (χ4n) is 0.816. The molecule has 14 heavy (non-hydrogen) atoms. The smallest absolute Gasteiger partial charge is 0.327 e. The SMILES string of the molecule is CC=CC(C=CC)(OS(=O)(=O)O)SO. The molecule has 0 radical (unpaired) electrons. The molecule has 0 amide bonds. The zero-order valence-corrected chi connectivity index (χ0v) is 9.38. The molecular formula is C7H12O5S2. The van der Waals surface area contributed by atoms with Crippen molar-refractivity contribution in [2.24, 2.45) is 0 Å². The maximum atomic E-state index is 10.5. The lowest BCUT2D eigenvalue weighted by molar-refractivity contribution is 0.224. The summed E-state index contributed by atoms with van der Waals surface area (Å²) in [6, 6.07) is 0. The van der Waals surface area contributed by atoms with Gasteiger partial charge in [0, 0.05) is 12.0 Å². The number of hydrogen-bond donors (Lipinski definition) is 2. The van der Waals surface area contributed by atoms with Crippen LogP contribution in [0.4, 0.5) is 0 Å². The van der Waals surface area contributed by atoms with E-state index in [0.717, 1.165) is 0 Å². The van der Waals surface area contributed by atoms with Gasteiger partial charge in [0.1, 0.15) is 0 Å². The van der Waals surface area contributed by atoms with E-state index >= 15 is 0 Å². The maximum absolute atomic E-state index is 10.5. The van der Waals surface area contributed by atoms with Crippen LogP contribution in [-0.2, 0) is 14.6 Å². The molecule has 0 saturated heterocycles. The van der Waals surface area contributed by atoms with Crippen LogP contribution >= 0.6 is 12.0 Å². The molecule has 0 heterocycles. The van der Waals surface area contributed by atoms with E-state index in [1.807, 2.05) is 0 Å². The van der Waals surface area contributed by atoms with Gasteiger partial charge in [-0.1, -0.05) is 12.2 Å². The van der Waals surface area contributed by atoms with E-state index in [-0.39, 0.29) is 12.0 Å². The quantitative estimate of drug-likeness (QED) is 0.330. The van der Waals surface area contributed by atoms with Crippen LogP contribution in [0.2, 0.25) is 0 Å². The van der Waals surface area contributed by atoms with Crippen LogP contribution in [0.3, 0.4) is 0 Å². The normalized spacial score (nSPS) is 17.7. The average Bonchev–Trinajstić information content (AvgIpc) is 2.02. The summed E-state index contributed by atoms with van der Waals surface area (Å²) in [7, 11) is -4.62. The standard InChI is InChI=1S/C7H12O5S2/c1-3-5-7(13-8,6-4-2)12-14(9,10)11/h3-6,8H,1-2H3,(H,9,10,11). The largest absolute Gasteiger partial charge is 0.399 e. The Morgan fingerprint density at radius 2 is 1.71 bits per heavy atom. The highest BCUT2D eigenvalue weighted by molar-refractivity contribution is 7.96. The third-order valence-corrected chi connectivity index (χ3v) is 2.41. The Morgan fingerprint density at radius 1 is 1.29 bits per heavy atom. The topological polar surface area (TPSA) is 83.8 Å². The van der Waals surface area contributed by atoms with Crippen LogP contribution in [0, 0.1) is 0 Å². The van der Waals surface area contributed by atoms with E-state index in [1.54, 1.807) is 13.8 Å². The van der Waals surface area contributed by atoms with Crippen LogP contribution in [0.25, 0.3) is 0 Å². The monoisotopic (exact) mass is 240 g/mol. The van der Waals surface area contributed by atoms with Crippen molar-refractivity contribution in [3.8, 4) is 0 Å². The van der Waals surface area contributed by atoms with Crippen molar-refractivity contribution in [2.45, 2.75) is 18.8 Å². The van der Waals surface area contributed by atoms with Gasteiger partial charge in [-0.2, -0.15) is 8.42 Å². The Morgan fingerprint density at radius 3 is 1.93 bits per heavy atom. The molecule has 0 aromatic carbocycles. The average molecular weight is 240 g/mol. The van der Waals surface area contributed by atoms with E-state index in [9.17, 15) is 8.42 Å². The van der Waals surface area contributed by atoms with Crippen LogP contribution in [-0.4, -0.2) is 22.5 Å². The summed E-state index contributed by atoms with van der Waals surface area (Å²) in [4.78, 5) is -1.60. The van der Waals surface area contributed by atoms with Gasteiger partial charge in [-0.15, -0.1) is 0 Å². The van der Waals surface area contributed by atoms with E-state index < -0.39 is 15.3 Å². The van der Waals surface area contributed by atoms with Gasteiger partial charge in [0.15, 0.2) is 4.93 Å². The van der Waals surface area contributed by atoms with Gasteiger partial charge in [-0.25, -0.2) is 4.18 Å². The first-order valence-electron chi connectivity index (χ1n) is 3.67. The summed E-state index contributed by atoms with van der Waals surface area (Å²) in [5, 5.41) is 0. The van der Waals surface area contributed by atoms with Crippen molar-refractivity contribution in [3.63, 3.8) is 0 Å². The Bertz CT molecular complexity index is 305. The Hall–Kier alpha value is -0.340. The van der Waals surface area contributed by atoms with Gasteiger partial charge >= 0.3 is 10.4 Å². The number of hydrogen-bond acceptors (Lipinski definition) is 5. The predicted octanol–water partition coefficient (Wildman–Crippen LogP) is 1.86. The Balaban J connectivity index is 5.04. The highest BCUT2D eigenvalue weighted by Crippen LogP contribution is 2.29. The lowest BCUT2D eigenvalue weighted by Gasteiger charge is -2.20. The van der Waals surface area contributed by atoms with Gasteiger partial charge in [0.2, 0.25) is 0 Å². The Labute approximate surface area is 87.6 Å². The number of rotatable bonds is 5. The predicted molar refractivity (Wildman–Crippen MR) is 55.2 cm³/mol. The molecule has 0 aliphatic carbocycles. The lowest BCUT2D eigenvalue weighted by atomic mass is 10.3. The molecule has 5 nitrogen and oxygen atoms in total. The van der Waals surface area contributed by atoms with Crippen molar-refractivity contribution >= 4 is 22.4 Å². The molecule has 0 aromatic rings. The summed E-state index contributed by atoms with van der Waals surface area (Å²) in [6.07, 6.45) is 5.58. The van der Waals surface area contributed by atoms with E-state index in [1.165, 1.54) is 24.3 Å². The van der Waals surface area contributed by atoms with Gasteiger partial charge in [-0.3, -0.25) is 4.55 Å². The molecule has 0 fully saturated rings. The van der Waals surface area contributed by atoms with Crippen molar-refractivity contribution < 1.29 is 21.7 Å². The second-order valence-electron chi connectivity index (χ2n) is 2.32. The zero-order valence-electron chi connectivity index (χ0n) is 7.75. The minimum absolute atomic E-state index is 0.158. The molecule has 0 bridgehead atoms. The second-order valence-corrected chi connectivity index (χ2v) is 4.17. The lowest BCUT2D eigenvalue weighted by Crippen LogP contribution is -2.26. The fraction of sp³-hybridized carbons (Fsp3) is 0.429. The summed E-state index contributed by atoms with van der Waals surface area (Å²) >= 11 is 0.158. The zero-order chi connectivity index (χ0) is 11.2. The van der Waals surface area contributed by atoms with E-state index in [4.69, 9.17) is 9.11 Å². The summed E-state index contributed by atoms with van der Waals surface area (Å²) < 4.78 is 42.7. The van der Waals surface area contributed by atoms with Crippen LogP contribution < -0.4 is 0 Å².